The van der Waals surface area contributed by atoms with E-state index >= 15 is 0 Å². The second-order valence-corrected chi connectivity index (χ2v) is 15.0. The van der Waals surface area contributed by atoms with Gasteiger partial charge in [0.15, 0.2) is 11.4 Å². The van der Waals surface area contributed by atoms with Crippen LogP contribution in [0.25, 0.3) is 5.76 Å². The number of amides is 2. The highest BCUT2D eigenvalue weighted by atomic mass is 16.5. The lowest BCUT2D eigenvalue weighted by Gasteiger charge is -2.55. The number of unbranched alkanes of at least 4 members (excludes halogenated alkanes) is 1. The summed E-state index contributed by atoms with van der Waals surface area (Å²) in [6.45, 7) is 1.81. The molecule has 4 aliphatic carbocycles. The summed E-state index contributed by atoms with van der Waals surface area (Å²) < 4.78 is 6.09. The number of ether oxygens (including phenoxy) is 1. The maximum atomic E-state index is 14.9. The lowest BCUT2D eigenvalue weighted by Crippen LogP contribution is -2.71. The van der Waals surface area contributed by atoms with Gasteiger partial charge < -0.3 is 41.9 Å². The fourth-order valence-electron chi connectivity index (χ4n) is 8.86. The van der Waals surface area contributed by atoms with Gasteiger partial charge in [0.2, 0.25) is 11.7 Å². The van der Waals surface area contributed by atoms with Crippen molar-refractivity contribution >= 4 is 35.1 Å². The first-order valence-corrected chi connectivity index (χ1v) is 18.6. The van der Waals surface area contributed by atoms with E-state index in [9.17, 15) is 44.4 Å². The van der Waals surface area contributed by atoms with E-state index in [1.165, 1.54) is 25.1 Å². The standard InChI is InChI=1S/C38H53N5O10/c1-4-24(45)53-33-26-21(16-15-19-10-5-6-11-19)20-12-9-14-23(44)25(20)31(46)27(26)34(48)38(52)29(33)30(43(2)3)32(47)28(35(38)49)37(51)42-18-41-17-8-7-13-22(39)36(40)50/h9,12,14,19,21-22,26,29-30,33,41,44,46,49,52H,4-8,10-11,13,15-18,39H2,1-3H3,(H2,40,50)(H,42,51)/t21-,22?,26+,29+,30?,33-,38-/m0/s1. The zero-order chi connectivity index (χ0) is 38.8. The third-order valence-electron chi connectivity index (χ3n) is 11.5. The maximum absolute atomic E-state index is 14.9. The molecule has 10 N–H and O–H groups in total. The van der Waals surface area contributed by atoms with Gasteiger partial charge in [-0.3, -0.25) is 34.2 Å². The van der Waals surface area contributed by atoms with Gasteiger partial charge in [-0.2, -0.15) is 0 Å². The number of esters is 1. The van der Waals surface area contributed by atoms with Crippen LogP contribution in [0.15, 0.2) is 35.1 Å². The fourth-order valence-corrected chi connectivity index (χ4v) is 8.86. The Bertz CT molecular complexity index is 1680. The molecule has 5 rings (SSSR count). The Kier molecular flexibility index (Phi) is 12.3. The number of nitrogens with two attached hydrogens (primary N) is 2. The van der Waals surface area contributed by atoms with Crippen LogP contribution >= 0.6 is 0 Å². The minimum absolute atomic E-state index is 0.00584. The first kappa shape index (κ1) is 39.9. The number of ketones is 2. The van der Waals surface area contributed by atoms with Crippen LogP contribution in [-0.4, -0.2) is 106 Å². The van der Waals surface area contributed by atoms with Gasteiger partial charge in [0.1, 0.15) is 28.9 Å². The largest absolute Gasteiger partial charge is 0.508 e. The van der Waals surface area contributed by atoms with Crippen LogP contribution in [0.2, 0.25) is 0 Å². The minimum Gasteiger partial charge on any atom is -0.508 e. The number of benzene rings is 1. The van der Waals surface area contributed by atoms with E-state index in [-0.39, 0.29) is 30.0 Å². The molecule has 1 aromatic rings. The van der Waals surface area contributed by atoms with E-state index < -0.39 is 88.0 Å². The molecule has 0 heterocycles. The summed E-state index contributed by atoms with van der Waals surface area (Å²) in [6, 6.07) is 2.55. The number of primary amides is 1. The molecule has 0 aromatic heterocycles. The van der Waals surface area contributed by atoms with Crippen LogP contribution in [0.1, 0.15) is 88.2 Å². The molecular weight excluding hydrogens is 686 g/mol. The van der Waals surface area contributed by atoms with Crippen LogP contribution < -0.4 is 22.1 Å². The monoisotopic (exact) mass is 739 g/mol. The lowest BCUT2D eigenvalue weighted by molar-refractivity contribution is -0.185. The van der Waals surface area contributed by atoms with E-state index in [4.69, 9.17) is 16.2 Å². The molecule has 0 bridgehead atoms. The zero-order valence-electron chi connectivity index (χ0n) is 30.6. The molecule has 2 saturated carbocycles. The highest BCUT2D eigenvalue weighted by molar-refractivity contribution is 6.25. The molecule has 15 nitrogen and oxygen atoms in total. The summed E-state index contributed by atoms with van der Waals surface area (Å²) >= 11 is 0. The number of fused-ring (bicyclic) bond motifs is 3. The van der Waals surface area contributed by atoms with Gasteiger partial charge in [0.05, 0.1) is 30.2 Å². The minimum atomic E-state index is -2.99. The van der Waals surface area contributed by atoms with Crippen molar-refractivity contribution in [3.05, 3.63) is 46.2 Å². The van der Waals surface area contributed by atoms with Gasteiger partial charge in [0.25, 0.3) is 5.91 Å². The molecule has 0 spiro atoms. The summed E-state index contributed by atoms with van der Waals surface area (Å²) in [5.74, 6) is -9.35. The number of nitrogens with one attached hydrogen (secondary N) is 2. The Balaban J connectivity index is 1.56. The molecular formula is C38H53N5O10. The number of carbonyl (C=O) groups is 5. The van der Waals surface area contributed by atoms with Crippen LogP contribution in [0.5, 0.6) is 5.75 Å². The van der Waals surface area contributed by atoms with Crippen molar-refractivity contribution in [2.45, 2.75) is 101 Å². The van der Waals surface area contributed by atoms with Crippen LogP contribution in [0, 0.1) is 17.8 Å². The smallest absolute Gasteiger partial charge is 0.305 e. The van der Waals surface area contributed by atoms with Crippen molar-refractivity contribution in [2.75, 3.05) is 27.3 Å². The number of aromatic hydroxyl groups is 1. The normalized spacial score (nSPS) is 27.7. The number of phenolic OH excluding ortho intramolecular Hbond substituents is 1. The molecule has 290 valence electrons. The molecule has 2 unspecified atom stereocenters. The number of rotatable bonds is 15. The van der Waals surface area contributed by atoms with Crippen molar-refractivity contribution < 1.29 is 49.1 Å². The number of aliphatic hydroxyl groups is 3. The van der Waals surface area contributed by atoms with Crippen molar-refractivity contribution in [1.29, 1.82) is 0 Å². The molecule has 0 aliphatic heterocycles. The highest BCUT2D eigenvalue weighted by Gasteiger charge is 2.70. The molecule has 0 radical (unpaired) electrons. The number of carbonyl (C=O) groups excluding carboxylic acids is 5. The number of aliphatic hydroxyl groups excluding tert-OH is 2. The number of hydrogen-bond donors (Lipinski definition) is 8. The third-order valence-corrected chi connectivity index (χ3v) is 11.5. The SMILES string of the molecule is CCC(=O)O[C@H]1[C@H]2C(=C(O)c3c(O)cccc3[C@@H]2CCC2CCCC2)C(=O)[C@]2(O)C(O)=C(C(=O)NCNCCCCC(N)C(N)=O)C(=O)C(N(C)C)[C@H]12. The molecule has 1 aromatic carbocycles. The molecule has 2 amide bonds. The second-order valence-electron chi connectivity index (χ2n) is 15.0. The van der Waals surface area contributed by atoms with E-state index in [1.807, 2.05) is 0 Å². The molecule has 7 atom stereocenters. The molecule has 15 heteroatoms. The summed E-state index contributed by atoms with van der Waals surface area (Å²) in [4.78, 5) is 68.5. The van der Waals surface area contributed by atoms with E-state index in [0.29, 0.717) is 43.7 Å². The number of nitrogens with zero attached hydrogens (tertiary/aromatic N) is 1. The zero-order valence-corrected chi connectivity index (χ0v) is 30.6. The van der Waals surface area contributed by atoms with E-state index in [2.05, 4.69) is 10.6 Å². The van der Waals surface area contributed by atoms with Crippen molar-refractivity contribution in [3.63, 3.8) is 0 Å². The lowest BCUT2D eigenvalue weighted by atomic mass is 9.53. The van der Waals surface area contributed by atoms with Gasteiger partial charge in [-0.1, -0.05) is 51.2 Å². The number of Topliss-reactive ketones (excluding diaryl/α,β-unsaturated/α-hetero) is 2. The number of likely N-dealkylation sites (N-methyl/N-ethyl adjacent to an activating group) is 1. The second kappa shape index (κ2) is 16.4. The van der Waals surface area contributed by atoms with Crippen molar-refractivity contribution in [3.8, 4) is 5.75 Å². The summed E-state index contributed by atoms with van der Waals surface area (Å²) in [5.41, 5.74) is 7.19. The van der Waals surface area contributed by atoms with Gasteiger partial charge in [-0.25, -0.2) is 0 Å². The average molecular weight is 740 g/mol. The van der Waals surface area contributed by atoms with Gasteiger partial charge in [-0.05, 0) is 69.8 Å². The van der Waals surface area contributed by atoms with Crippen LogP contribution in [0.4, 0.5) is 0 Å². The molecule has 53 heavy (non-hydrogen) atoms. The van der Waals surface area contributed by atoms with Crippen LogP contribution in [-0.2, 0) is 28.7 Å². The maximum Gasteiger partial charge on any atom is 0.305 e. The fraction of sp³-hybridized carbons (Fsp3) is 0.605. The predicted octanol–water partition coefficient (Wildman–Crippen LogP) is 1.57. The molecule has 4 aliphatic rings. The summed E-state index contributed by atoms with van der Waals surface area (Å²) in [5, 5.41) is 52.7. The van der Waals surface area contributed by atoms with Crippen LogP contribution in [0.3, 0.4) is 0 Å². The summed E-state index contributed by atoms with van der Waals surface area (Å²) in [7, 11) is 3.04. The van der Waals surface area contributed by atoms with Crippen molar-refractivity contribution in [2.24, 2.45) is 29.2 Å². The van der Waals surface area contributed by atoms with E-state index in [0.717, 1.165) is 32.1 Å². The third kappa shape index (κ3) is 7.44. The van der Waals surface area contributed by atoms with Gasteiger partial charge in [0, 0.05) is 17.9 Å². The van der Waals surface area contributed by atoms with E-state index in [1.54, 1.807) is 19.1 Å². The Morgan fingerprint density at radius 1 is 1.08 bits per heavy atom. The Morgan fingerprint density at radius 3 is 2.42 bits per heavy atom. The average Bonchev–Trinajstić information content (AvgIpc) is 3.64. The molecule has 2 fully saturated rings. The van der Waals surface area contributed by atoms with Gasteiger partial charge in [-0.15, -0.1) is 0 Å². The highest BCUT2D eigenvalue weighted by Crippen LogP contribution is 2.58. The quantitative estimate of drug-likeness (QED) is 0.0551. The number of phenols is 1. The predicted molar refractivity (Wildman–Crippen MR) is 193 cm³/mol. The van der Waals surface area contributed by atoms with Crippen molar-refractivity contribution in [1.82, 2.24) is 15.5 Å². The Labute approximate surface area is 308 Å². The molecule has 0 saturated heterocycles. The topological polar surface area (TPSA) is 255 Å². The Morgan fingerprint density at radius 2 is 1.77 bits per heavy atom. The first-order valence-electron chi connectivity index (χ1n) is 18.6. The number of hydrogen-bond acceptors (Lipinski definition) is 13. The summed E-state index contributed by atoms with van der Waals surface area (Å²) in [6.07, 6.45) is 5.56. The van der Waals surface area contributed by atoms with Gasteiger partial charge >= 0.3 is 5.97 Å². The Hall–Kier alpha value is -4.31. The first-order chi connectivity index (χ1) is 25.2.